The first-order valence-electron chi connectivity index (χ1n) is 7.36. The van der Waals surface area contributed by atoms with Crippen LogP contribution in [0.4, 0.5) is 0 Å². The van der Waals surface area contributed by atoms with E-state index in [4.69, 9.17) is 0 Å². The van der Waals surface area contributed by atoms with Gasteiger partial charge < -0.3 is 4.90 Å². The monoisotopic (exact) mass is 285 g/mol. The molecule has 0 saturated carbocycles. The van der Waals surface area contributed by atoms with Crippen molar-refractivity contribution in [2.75, 3.05) is 13.1 Å². The van der Waals surface area contributed by atoms with Gasteiger partial charge in [-0.3, -0.25) is 9.59 Å². The highest BCUT2D eigenvalue weighted by molar-refractivity contribution is 6.13. The molecule has 0 aromatic heterocycles. The highest BCUT2D eigenvalue weighted by atomic mass is 16.2. The molecule has 2 unspecified atom stereocenters. The first-order valence-corrected chi connectivity index (χ1v) is 7.36. The number of carbonyl (C=O) groups excluding carboxylic acids is 2. The van der Waals surface area contributed by atoms with E-state index >= 15 is 0 Å². The Balaban J connectivity index is 2.44. The van der Waals surface area contributed by atoms with Crippen LogP contribution in [0.15, 0.2) is 48.6 Å². The van der Waals surface area contributed by atoms with Crippen LogP contribution in [0.2, 0.25) is 0 Å². The van der Waals surface area contributed by atoms with Gasteiger partial charge in [0.25, 0.3) is 0 Å². The Labute approximate surface area is 126 Å². The topological polar surface area (TPSA) is 37.4 Å². The molecule has 0 radical (unpaired) electrons. The van der Waals surface area contributed by atoms with E-state index in [-0.39, 0.29) is 24.2 Å². The summed E-state index contributed by atoms with van der Waals surface area (Å²) in [7, 11) is 0. The van der Waals surface area contributed by atoms with Crippen molar-refractivity contribution in [3.63, 3.8) is 0 Å². The molecule has 2 atom stereocenters. The van der Waals surface area contributed by atoms with Gasteiger partial charge in [0, 0.05) is 12.5 Å². The fraction of sp³-hybridized carbons (Fsp3) is 0.444. The van der Waals surface area contributed by atoms with Crippen molar-refractivity contribution >= 4 is 11.7 Å². The normalized spacial score (nSPS) is 29.2. The van der Waals surface area contributed by atoms with E-state index in [2.05, 4.69) is 25.3 Å². The fourth-order valence-corrected chi connectivity index (χ4v) is 3.60. The molecule has 0 aromatic rings. The summed E-state index contributed by atoms with van der Waals surface area (Å²) in [5.41, 5.74) is 1.33. The molecule has 0 bridgehead atoms. The van der Waals surface area contributed by atoms with Crippen molar-refractivity contribution < 1.29 is 9.59 Å². The molecule has 1 aliphatic heterocycles. The van der Waals surface area contributed by atoms with Crippen LogP contribution in [0.25, 0.3) is 0 Å². The summed E-state index contributed by atoms with van der Waals surface area (Å²) in [5, 5.41) is 0. The summed E-state index contributed by atoms with van der Waals surface area (Å²) in [4.78, 5) is 27.2. The molecule has 3 heteroatoms. The van der Waals surface area contributed by atoms with Crippen LogP contribution in [0.3, 0.4) is 0 Å². The Morgan fingerprint density at radius 1 is 1.33 bits per heavy atom. The van der Waals surface area contributed by atoms with Gasteiger partial charge in [0.05, 0.1) is 6.54 Å². The zero-order chi connectivity index (χ0) is 15.6. The molecule has 21 heavy (non-hydrogen) atoms. The van der Waals surface area contributed by atoms with Gasteiger partial charge >= 0.3 is 0 Å². The molecular formula is C18H23NO2. The molecular weight excluding hydrogens is 262 g/mol. The van der Waals surface area contributed by atoms with E-state index in [9.17, 15) is 9.59 Å². The number of nitrogens with zero attached hydrogens (tertiary/aromatic N) is 1. The van der Waals surface area contributed by atoms with Crippen LogP contribution in [0.5, 0.6) is 0 Å². The molecule has 1 aliphatic carbocycles. The highest BCUT2D eigenvalue weighted by Gasteiger charge is 2.57. The van der Waals surface area contributed by atoms with Crippen LogP contribution in [-0.2, 0) is 9.59 Å². The standard InChI is InChI=1S/C18H23NO2/c1-5-9-18(15-8-7-13(3)11-14(15)4)16(20)12-19(10-6-2)17(18)21/h5-7,11,15H,1-2,8-10,12H2,3-4H3. The number of amides is 1. The van der Waals surface area contributed by atoms with Crippen molar-refractivity contribution in [1.29, 1.82) is 0 Å². The van der Waals surface area contributed by atoms with Gasteiger partial charge in [0.2, 0.25) is 5.91 Å². The third-order valence-corrected chi connectivity index (χ3v) is 4.59. The molecule has 0 N–H and O–H groups in total. The minimum Gasteiger partial charge on any atom is -0.331 e. The Morgan fingerprint density at radius 3 is 2.62 bits per heavy atom. The molecule has 0 spiro atoms. The van der Waals surface area contributed by atoms with E-state index in [1.165, 1.54) is 5.57 Å². The Kier molecular flexibility index (Phi) is 4.31. The zero-order valence-electron chi connectivity index (χ0n) is 12.9. The molecule has 112 valence electrons. The van der Waals surface area contributed by atoms with Gasteiger partial charge in [0.1, 0.15) is 5.41 Å². The lowest BCUT2D eigenvalue weighted by atomic mass is 9.65. The Morgan fingerprint density at radius 2 is 2.05 bits per heavy atom. The molecule has 0 aromatic carbocycles. The predicted octanol–water partition coefficient (Wildman–Crippen LogP) is 3.06. The summed E-state index contributed by atoms with van der Waals surface area (Å²) in [5.74, 6) is -0.119. The van der Waals surface area contributed by atoms with Crippen LogP contribution >= 0.6 is 0 Å². The van der Waals surface area contributed by atoms with Crippen molar-refractivity contribution in [2.45, 2.75) is 26.7 Å². The predicted molar refractivity (Wildman–Crippen MR) is 84.7 cm³/mol. The first kappa shape index (κ1) is 15.5. The van der Waals surface area contributed by atoms with Gasteiger partial charge in [-0.05, 0) is 26.7 Å². The number of carbonyl (C=O) groups is 2. The van der Waals surface area contributed by atoms with E-state index in [0.717, 1.165) is 12.0 Å². The summed E-state index contributed by atoms with van der Waals surface area (Å²) in [6.45, 7) is 12.1. The van der Waals surface area contributed by atoms with E-state index < -0.39 is 5.41 Å². The maximum Gasteiger partial charge on any atom is 0.237 e. The molecule has 1 heterocycles. The van der Waals surface area contributed by atoms with E-state index in [1.807, 2.05) is 13.8 Å². The number of rotatable bonds is 5. The van der Waals surface area contributed by atoms with E-state index in [1.54, 1.807) is 17.1 Å². The molecule has 1 amide bonds. The van der Waals surface area contributed by atoms with Gasteiger partial charge in [-0.25, -0.2) is 0 Å². The average molecular weight is 285 g/mol. The van der Waals surface area contributed by atoms with Gasteiger partial charge in [-0.2, -0.15) is 0 Å². The largest absolute Gasteiger partial charge is 0.331 e. The lowest BCUT2D eigenvalue weighted by molar-refractivity contribution is -0.141. The molecule has 2 aliphatic rings. The second kappa shape index (κ2) is 5.84. The summed E-state index contributed by atoms with van der Waals surface area (Å²) < 4.78 is 0. The number of allylic oxidation sites excluding steroid dienone is 5. The Hall–Kier alpha value is -1.90. The van der Waals surface area contributed by atoms with Gasteiger partial charge in [-0.15, -0.1) is 13.2 Å². The number of likely N-dealkylation sites (tertiary alicyclic amines) is 1. The molecule has 1 saturated heterocycles. The summed E-state index contributed by atoms with van der Waals surface area (Å²) in [6.07, 6.45) is 8.70. The van der Waals surface area contributed by atoms with Crippen molar-refractivity contribution in [2.24, 2.45) is 11.3 Å². The van der Waals surface area contributed by atoms with Gasteiger partial charge in [0.15, 0.2) is 5.78 Å². The lowest BCUT2D eigenvalue weighted by Crippen LogP contribution is -2.44. The summed E-state index contributed by atoms with van der Waals surface area (Å²) in [6, 6.07) is 0. The second-order valence-corrected chi connectivity index (χ2v) is 5.99. The average Bonchev–Trinajstić information content (AvgIpc) is 2.65. The number of hydrogen-bond acceptors (Lipinski definition) is 2. The second-order valence-electron chi connectivity index (χ2n) is 5.99. The van der Waals surface area contributed by atoms with Crippen molar-refractivity contribution in [3.8, 4) is 0 Å². The smallest absolute Gasteiger partial charge is 0.237 e. The van der Waals surface area contributed by atoms with Crippen LogP contribution in [0.1, 0.15) is 26.7 Å². The van der Waals surface area contributed by atoms with Gasteiger partial charge in [-0.1, -0.05) is 35.5 Å². The van der Waals surface area contributed by atoms with Crippen LogP contribution in [-0.4, -0.2) is 29.7 Å². The maximum absolute atomic E-state index is 12.9. The SMILES string of the molecule is C=CCN1CC(=O)C(CC=C)(C2CC=C(C)C=C2C)C1=O. The molecule has 3 nitrogen and oxygen atoms in total. The minimum absolute atomic E-state index is 0.0138. The third kappa shape index (κ3) is 2.41. The van der Waals surface area contributed by atoms with Crippen LogP contribution < -0.4 is 0 Å². The van der Waals surface area contributed by atoms with Crippen LogP contribution in [0, 0.1) is 11.3 Å². The molecule has 1 fully saturated rings. The number of hydrogen-bond donors (Lipinski definition) is 0. The first-order chi connectivity index (χ1) is 9.97. The summed E-state index contributed by atoms with van der Waals surface area (Å²) >= 11 is 0. The fourth-order valence-electron chi connectivity index (χ4n) is 3.60. The van der Waals surface area contributed by atoms with Crippen molar-refractivity contribution in [1.82, 2.24) is 4.90 Å². The lowest BCUT2D eigenvalue weighted by Gasteiger charge is -2.35. The molecule has 2 rings (SSSR count). The Bertz CT molecular complexity index is 556. The number of ketones is 1. The number of Topliss-reactive ketones (excluding diaryl/α,β-unsaturated/α-hetero) is 1. The third-order valence-electron chi connectivity index (χ3n) is 4.59. The quantitative estimate of drug-likeness (QED) is 0.575. The zero-order valence-corrected chi connectivity index (χ0v) is 12.9. The van der Waals surface area contributed by atoms with Crippen molar-refractivity contribution in [3.05, 3.63) is 48.6 Å². The minimum atomic E-state index is -0.970. The highest BCUT2D eigenvalue weighted by Crippen LogP contribution is 2.46. The van der Waals surface area contributed by atoms with E-state index in [0.29, 0.717) is 13.0 Å². The maximum atomic E-state index is 12.9.